The van der Waals surface area contributed by atoms with Crippen molar-refractivity contribution in [3.8, 4) is 5.75 Å². The molecule has 2 aromatic carbocycles. The number of nitrogens with one attached hydrogen (secondary N) is 1. The highest BCUT2D eigenvalue weighted by molar-refractivity contribution is 7.99. The number of fused-ring (bicyclic) bond motifs is 3. The number of methoxy groups -OCH3 is 1. The lowest BCUT2D eigenvalue weighted by Gasteiger charge is -2.10. The molecule has 2 aromatic heterocycles. The number of benzene rings is 2. The Hall–Kier alpha value is -3.33. The van der Waals surface area contributed by atoms with Gasteiger partial charge in [0.15, 0.2) is 5.16 Å². The van der Waals surface area contributed by atoms with E-state index in [0.717, 1.165) is 0 Å². The highest BCUT2D eigenvalue weighted by Gasteiger charge is 2.16. The molecule has 1 amide bonds. The van der Waals surface area contributed by atoms with E-state index in [9.17, 15) is 9.59 Å². The summed E-state index contributed by atoms with van der Waals surface area (Å²) >= 11 is 1.25. The molecule has 0 spiro atoms. The van der Waals surface area contributed by atoms with Gasteiger partial charge in [0.05, 0.1) is 29.5 Å². The van der Waals surface area contributed by atoms with E-state index in [1.807, 2.05) is 30.3 Å². The standard InChI is InChI=1S/C19H17N5O3S/c1-23-17(26)12-7-3-5-9-14(12)24-18(23)21-22-19(24)28-11-16(25)20-13-8-4-6-10-15(13)27-2/h3-10H,11H2,1-2H3,(H,20,25). The van der Waals surface area contributed by atoms with Crippen LogP contribution >= 0.6 is 11.8 Å². The number of para-hydroxylation sites is 3. The first-order valence-corrected chi connectivity index (χ1v) is 9.47. The van der Waals surface area contributed by atoms with Crippen LogP contribution in [-0.4, -0.2) is 37.9 Å². The lowest BCUT2D eigenvalue weighted by Crippen LogP contribution is -2.20. The molecule has 0 saturated heterocycles. The Labute approximate surface area is 164 Å². The van der Waals surface area contributed by atoms with Crippen molar-refractivity contribution in [3.63, 3.8) is 0 Å². The van der Waals surface area contributed by atoms with Gasteiger partial charge in [-0.2, -0.15) is 0 Å². The van der Waals surface area contributed by atoms with Crippen molar-refractivity contribution < 1.29 is 9.53 Å². The van der Waals surface area contributed by atoms with Gasteiger partial charge in [0, 0.05) is 7.05 Å². The molecular weight excluding hydrogens is 378 g/mol. The largest absolute Gasteiger partial charge is 0.495 e. The summed E-state index contributed by atoms with van der Waals surface area (Å²) in [5.74, 6) is 0.960. The normalized spacial score (nSPS) is 11.1. The van der Waals surface area contributed by atoms with Crippen molar-refractivity contribution in [1.29, 1.82) is 0 Å². The molecule has 4 aromatic rings. The van der Waals surface area contributed by atoms with Gasteiger partial charge in [0.1, 0.15) is 5.75 Å². The van der Waals surface area contributed by atoms with Crippen LogP contribution in [0.5, 0.6) is 5.75 Å². The number of amides is 1. The minimum absolute atomic E-state index is 0.135. The molecule has 0 aliphatic rings. The fourth-order valence-electron chi connectivity index (χ4n) is 2.97. The van der Waals surface area contributed by atoms with Crippen molar-refractivity contribution >= 4 is 40.0 Å². The van der Waals surface area contributed by atoms with Crippen LogP contribution in [0.15, 0.2) is 58.5 Å². The minimum Gasteiger partial charge on any atom is -0.495 e. The number of nitrogens with zero attached hydrogens (tertiary/aromatic N) is 4. The highest BCUT2D eigenvalue weighted by atomic mass is 32.2. The predicted octanol–water partition coefficient (Wildman–Crippen LogP) is 2.32. The van der Waals surface area contributed by atoms with E-state index in [1.165, 1.54) is 16.3 Å². The molecule has 2 heterocycles. The zero-order valence-corrected chi connectivity index (χ0v) is 16.1. The van der Waals surface area contributed by atoms with Crippen LogP contribution in [0.25, 0.3) is 16.7 Å². The first-order chi connectivity index (χ1) is 13.6. The Balaban J connectivity index is 1.62. The van der Waals surface area contributed by atoms with Crippen molar-refractivity contribution in [2.75, 3.05) is 18.2 Å². The molecule has 0 radical (unpaired) electrons. The third-order valence-corrected chi connectivity index (χ3v) is 5.24. The van der Waals surface area contributed by atoms with Crippen molar-refractivity contribution in [3.05, 3.63) is 58.9 Å². The molecular formula is C19H17N5O3S. The minimum atomic E-state index is -0.194. The summed E-state index contributed by atoms with van der Waals surface area (Å²) in [6, 6.07) is 14.5. The van der Waals surface area contributed by atoms with Crippen LogP contribution in [0.3, 0.4) is 0 Å². The van der Waals surface area contributed by atoms with Gasteiger partial charge in [-0.25, -0.2) is 0 Å². The molecule has 8 nitrogen and oxygen atoms in total. The zero-order valence-electron chi connectivity index (χ0n) is 15.2. The van der Waals surface area contributed by atoms with Gasteiger partial charge in [0.25, 0.3) is 5.56 Å². The summed E-state index contributed by atoms with van der Waals surface area (Å²) < 4.78 is 8.49. The average molecular weight is 395 g/mol. The maximum Gasteiger partial charge on any atom is 0.262 e. The van der Waals surface area contributed by atoms with E-state index in [-0.39, 0.29) is 17.2 Å². The third kappa shape index (κ3) is 3.09. The maximum atomic E-state index is 12.5. The van der Waals surface area contributed by atoms with Gasteiger partial charge in [-0.05, 0) is 24.3 Å². The number of hydrogen-bond acceptors (Lipinski definition) is 6. The predicted molar refractivity (Wildman–Crippen MR) is 108 cm³/mol. The molecule has 0 fully saturated rings. The third-order valence-electron chi connectivity index (χ3n) is 4.31. The number of rotatable bonds is 5. The number of hydrogen-bond donors (Lipinski definition) is 1. The summed E-state index contributed by atoms with van der Waals surface area (Å²) in [6.45, 7) is 0. The molecule has 0 atom stereocenters. The topological polar surface area (TPSA) is 90.5 Å². The van der Waals surface area contributed by atoms with Crippen LogP contribution in [0.1, 0.15) is 0 Å². The second-order valence-corrected chi connectivity index (χ2v) is 6.98. The Kier molecular flexibility index (Phi) is 4.74. The summed E-state index contributed by atoms with van der Waals surface area (Å²) in [5.41, 5.74) is 1.17. The van der Waals surface area contributed by atoms with Crippen molar-refractivity contribution in [2.45, 2.75) is 5.16 Å². The van der Waals surface area contributed by atoms with E-state index < -0.39 is 0 Å². The Morgan fingerprint density at radius 1 is 1.14 bits per heavy atom. The molecule has 0 bridgehead atoms. The fraction of sp³-hybridized carbons (Fsp3) is 0.158. The van der Waals surface area contributed by atoms with Gasteiger partial charge < -0.3 is 10.1 Å². The van der Waals surface area contributed by atoms with Gasteiger partial charge >= 0.3 is 0 Å². The Morgan fingerprint density at radius 3 is 2.71 bits per heavy atom. The van der Waals surface area contributed by atoms with Crippen molar-refractivity contribution in [1.82, 2.24) is 19.2 Å². The molecule has 4 rings (SSSR count). The summed E-state index contributed by atoms with van der Waals surface area (Å²) in [4.78, 5) is 24.9. The van der Waals surface area contributed by atoms with Crippen LogP contribution in [0.4, 0.5) is 5.69 Å². The molecule has 0 unspecified atom stereocenters. The van der Waals surface area contributed by atoms with E-state index in [2.05, 4.69) is 15.5 Å². The lowest BCUT2D eigenvalue weighted by atomic mass is 10.2. The number of aromatic nitrogens is 4. The van der Waals surface area contributed by atoms with Gasteiger partial charge in [0.2, 0.25) is 11.7 Å². The van der Waals surface area contributed by atoms with E-state index >= 15 is 0 Å². The molecule has 0 aliphatic carbocycles. The first-order valence-electron chi connectivity index (χ1n) is 8.48. The zero-order chi connectivity index (χ0) is 19.7. The SMILES string of the molecule is COc1ccccc1NC(=O)CSc1nnc2n(C)c(=O)c3ccccc3n12. The monoisotopic (exact) mass is 395 g/mol. The Morgan fingerprint density at radius 2 is 1.89 bits per heavy atom. The molecule has 1 N–H and O–H groups in total. The molecule has 28 heavy (non-hydrogen) atoms. The van der Waals surface area contributed by atoms with Crippen LogP contribution < -0.4 is 15.6 Å². The van der Waals surface area contributed by atoms with Crippen LogP contribution in [0, 0.1) is 0 Å². The molecule has 0 saturated carbocycles. The quantitative estimate of drug-likeness (QED) is 0.522. The molecule has 9 heteroatoms. The lowest BCUT2D eigenvalue weighted by molar-refractivity contribution is -0.113. The van der Waals surface area contributed by atoms with E-state index in [1.54, 1.807) is 36.8 Å². The smallest absolute Gasteiger partial charge is 0.262 e. The number of thioether (sulfide) groups is 1. The maximum absolute atomic E-state index is 12.5. The molecule has 0 aliphatic heterocycles. The van der Waals surface area contributed by atoms with E-state index in [4.69, 9.17) is 4.74 Å². The molecule has 142 valence electrons. The first kappa shape index (κ1) is 18.1. The Bertz CT molecular complexity index is 1250. The van der Waals surface area contributed by atoms with Crippen molar-refractivity contribution in [2.24, 2.45) is 7.05 Å². The number of carbonyl (C=O) groups is 1. The van der Waals surface area contributed by atoms with Gasteiger partial charge in [-0.3, -0.25) is 18.6 Å². The average Bonchev–Trinajstić information content (AvgIpc) is 3.15. The number of aryl methyl sites for hydroxylation is 1. The summed E-state index contributed by atoms with van der Waals surface area (Å²) in [7, 11) is 3.21. The summed E-state index contributed by atoms with van der Waals surface area (Å²) in [5, 5.41) is 12.2. The number of anilines is 1. The fourth-order valence-corrected chi connectivity index (χ4v) is 3.71. The summed E-state index contributed by atoms with van der Waals surface area (Å²) in [6.07, 6.45) is 0. The second-order valence-electron chi connectivity index (χ2n) is 6.04. The van der Waals surface area contributed by atoms with E-state index in [0.29, 0.717) is 33.3 Å². The van der Waals surface area contributed by atoms with Crippen LogP contribution in [0.2, 0.25) is 0 Å². The highest BCUT2D eigenvalue weighted by Crippen LogP contribution is 2.25. The van der Waals surface area contributed by atoms with Crippen LogP contribution in [-0.2, 0) is 11.8 Å². The number of carbonyl (C=O) groups excluding carboxylic acids is 1. The number of ether oxygens (including phenoxy) is 1. The van der Waals surface area contributed by atoms with Gasteiger partial charge in [-0.1, -0.05) is 36.0 Å². The second kappa shape index (κ2) is 7.35. The van der Waals surface area contributed by atoms with Gasteiger partial charge in [-0.15, -0.1) is 10.2 Å².